The van der Waals surface area contributed by atoms with Crippen LogP contribution in [0.4, 0.5) is 0 Å². The van der Waals surface area contributed by atoms with E-state index in [1.54, 1.807) is 0 Å². The van der Waals surface area contributed by atoms with Gasteiger partial charge in [0.05, 0.1) is 11.8 Å². The van der Waals surface area contributed by atoms with E-state index in [0.717, 1.165) is 5.56 Å². The molecule has 0 atom stereocenters. The molecule has 0 unspecified atom stereocenters. The number of carbonyl (C=O) groups is 2. The summed E-state index contributed by atoms with van der Waals surface area (Å²) in [5, 5.41) is 2.45. The van der Waals surface area contributed by atoms with Crippen LogP contribution in [0, 0.1) is 0 Å². The Morgan fingerprint density at radius 3 is 2.63 bits per heavy atom. The summed E-state index contributed by atoms with van der Waals surface area (Å²) in [5.41, 5.74) is 1.27. The molecule has 0 spiro atoms. The quantitative estimate of drug-likeness (QED) is 0.831. The van der Waals surface area contributed by atoms with Crippen molar-refractivity contribution in [1.82, 2.24) is 5.32 Å². The fraction of sp³-hybridized carbons (Fsp3) is 0.143. The minimum atomic E-state index is -0.485. The maximum absolute atomic E-state index is 11.5. The first-order chi connectivity index (χ1) is 9.25. The van der Waals surface area contributed by atoms with E-state index >= 15 is 0 Å². The molecule has 1 aromatic carbocycles. The number of amides is 1. The lowest BCUT2D eigenvalue weighted by molar-refractivity contribution is -0.143. The van der Waals surface area contributed by atoms with Crippen LogP contribution >= 0.6 is 0 Å². The zero-order chi connectivity index (χ0) is 13.5. The van der Waals surface area contributed by atoms with Crippen LogP contribution in [-0.4, -0.2) is 18.4 Å². The van der Waals surface area contributed by atoms with Crippen molar-refractivity contribution in [3.05, 3.63) is 60.1 Å². The Morgan fingerprint density at radius 2 is 1.95 bits per heavy atom. The highest BCUT2D eigenvalue weighted by molar-refractivity contribution is 5.95. The van der Waals surface area contributed by atoms with Gasteiger partial charge in [0.25, 0.3) is 5.91 Å². The van der Waals surface area contributed by atoms with Gasteiger partial charge in [0.15, 0.2) is 0 Å². The lowest BCUT2D eigenvalue weighted by atomic mass is 10.2. The van der Waals surface area contributed by atoms with Gasteiger partial charge in [0.2, 0.25) is 0 Å². The fourth-order valence-electron chi connectivity index (χ4n) is 1.44. The second kappa shape index (κ2) is 6.39. The van der Waals surface area contributed by atoms with E-state index < -0.39 is 5.97 Å². The molecule has 19 heavy (non-hydrogen) atoms. The monoisotopic (exact) mass is 259 g/mol. The third-order valence-electron chi connectivity index (χ3n) is 2.42. The van der Waals surface area contributed by atoms with E-state index in [4.69, 9.17) is 9.15 Å². The van der Waals surface area contributed by atoms with Crippen molar-refractivity contribution in [3.8, 4) is 0 Å². The molecule has 2 rings (SSSR count). The predicted molar refractivity (Wildman–Crippen MR) is 67.3 cm³/mol. The van der Waals surface area contributed by atoms with Crippen molar-refractivity contribution in [2.45, 2.75) is 6.61 Å². The van der Waals surface area contributed by atoms with E-state index in [1.165, 1.54) is 18.6 Å². The summed E-state index contributed by atoms with van der Waals surface area (Å²) in [6, 6.07) is 10.9. The van der Waals surface area contributed by atoms with Crippen molar-refractivity contribution in [2.75, 3.05) is 6.54 Å². The second-order valence-electron chi connectivity index (χ2n) is 3.84. The molecule has 5 nitrogen and oxygen atoms in total. The molecule has 98 valence electrons. The average molecular weight is 259 g/mol. The van der Waals surface area contributed by atoms with Gasteiger partial charge in [-0.1, -0.05) is 30.3 Å². The van der Waals surface area contributed by atoms with Gasteiger partial charge in [0, 0.05) is 0 Å². The van der Waals surface area contributed by atoms with Crippen LogP contribution in [0.5, 0.6) is 0 Å². The van der Waals surface area contributed by atoms with Gasteiger partial charge in [-0.2, -0.15) is 0 Å². The summed E-state index contributed by atoms with van der Waals surface area (Å²) in [7, 11) is 0. The first kappa shape index (κ1) is 12.9. The van der Waals surface area contributed by atoms with Gasteiger partial charge in [-0.3, -0.25) is 9.59 Å². The Labute approximate surface area is 110 Å². The number of furan rings is 1. The molecule has 0 fully saturated rings. The summed E-state index contributed by atoms with van der Waals surface area (Å²) in [4.78, 5) is 22.9. The number of ether oxygens (including phenoxy) is 1. The van der Waals surface area contributed by atoms with Crippen LogP contribution < -0.4 is 5.32 Å². The van der Waals surface area contributed by atoms with E-state index in [9.17, 15) is 9.59 Å². The number of hydrogen-bond acceptors (Lipinski definition) is 4. The minimum Gasteiger partial charge on any atom is -0.472 e. The average Bonchev–Trinajstić information content (AvgIpc) is 2.98. The molecule has 2 aromatic rings. The second-order valence-corrected chi connectivity index (χ2v) is 3.84. The summed E-state index contributed by atoms with van der Waals surface area (Å²) in [6.07, 6.45) is 2.70. The molecule has 1 amide bonds. The molecule has 1 N–H and O–H groups in total. The van der Waals surface area contributed by atoms with Crippen molar-refractivity contribution < 1.29 is 18.7 Å². The number of benzene rings is 1. The van der Waals surface area contributed by atoms with Crippen LogP contribution in [-0.2, 0) is 16.1 Å². The van der Waals surface area contributed by atoms with Crippen LogP contribution in [0.25, 0.3) is 0 Å². The largest absolute Gasteiger partial charge is 0.472 e. The summed E-state index contributed by atoms with van der Waals surface area (Å²) < 4.78 is 9.79. The highest BCUT2D eigenvalue weighted by Gasteiger charge is 2.09. The lowest BCUT2D eigenvalue weighted by Gasteiger charge is -2.05. The summed E-state index contributed by atoms with van der Waals surface area (Å²) in [6.45, 7) is 0.0259. The minimum absolute atomic E-state index is 0.170. The van der Waals surface area contributed by atoms with Crippen LogP contribution in [0.15, 0.2) is 53.3 Å². The molecule has 1 aromatic heterocycles. The zero-order valence-corrected chi connectivity index (χ0v) is 10.2. The smallest absolute Gasteiger partial charge is 0.325 e. The van der Waals surface area contributed by atoms with Gasteiger partial charge in [-0.15, -0.1) is 0 Å². The maximum Gasteiger partial charge on any atom is 0.325 e. The van der Waals surface area contributed by atoms with Gasteiger partial charge < -0.3 is 14.5 Å². The Kier molecular flexibility index (Phi) is 4.34. The molecule has 0 aliphatic heterocycles. The summed E-state index contributed by atoms with van der Waals surface area (Å²) in [5.74, 6) is -0.855. The van der Waals surface area contributed by atoms with Crippen molar-refractivity contribution in [1.29, 1.82) is 0 Å². The summed E-state index contributed by atoms with van der Waals surface area (Å²) >= 11 is 0. The van der Waals surface area contributed by atoms with Crippen molar-refractivity contribution >= 4 is 11.9 Å². The Morgan fingerprint density at radius 1 is 1.16 bits per heavy atom. The molecule has 0 bridgehead atoms. The number of esters is 1. The van der Waals surface area contributed by atoms with Crippen LogP contribution in [0.1, 0.15) is 15.9 Å². The van der Waals surface area contributed by atoms with Gasteiger partial charge in [-0.05, 0) is 11.6 Å². The number of hydrogen-bond donors (Lipinski definition) is 1. The first-order valence-corrected chi connectivity index (χ1v) is 5.75. The van der Waals surface area contributed by atoms with Crippen molar-refractivity contribution in [2.24, 2.45) is 0 Å². The number of nitrogens with one attached hydrogen (secondary N) is 1. The molecule has 0 saturated heterocycles. The van der Waals surface area contributed by atoms with Crippen LogP contribution in [0.2, 0.25) is 0 Å². The topological polar surface area (TPSA) is 68.5 Å². The van der Waals surface area contributed by atoms with Crippen LogP contribution in [0.3, 0.4) is 0 Å². The van der Waals surface area contributed by atoms with E-state index in [-0.39, 0.29) is 19.1 Å². The standard InChI is InChI=1S/C14H13NO4/c16-13(19-9-11-4-2-1-3-5-11)8-15-14(17)12-6-7-18-10-12/h1-7,10H,8-9H2,(H,15,17). The van der Waals surface area contributed by atoms with Gasteiger partial charge in [-0.25, -0.2) is 0 Å². The molecular weight excluding hydrogens is 246 g/mol. The number of carbonyl (C=O) groups excluding carboxylic acids is 2. The molecule has 0 saturated carbocycles. The normalized spacial score (nSPS) is 9.89. The molecular formula is C14H13NO4. The molecule has 5 heteroatoms. The Balaban J connectivity index is 1.72. The highest BCUT2D eigenvalue weighted by Crippen LogP contribution is 2.01. The Bertz CT molecular complexity index is 534. The van der Waals surface area contributed by atoms with Gasteiger partial charge >= 0.3 is 5.97 Å². The molecule has 0 aliphatic rings. The number of rotatable bonds is 5. The molecule has 0 aliphatic carbocycles. The van der Waals surface area contributed by atoms with E-state index in [0.29, 0.717) is 5.56 Å². The highest BCUT2D eigenvalue weighted by atomic mass is 16.5. The lowest BCUT2D eigenvalue weighted by Crippen LogP contribution is -2.30. The Hall–Kier alpha value is -2.56. The molecule has 1 heterocycles. The predicted octanol–water partition coefficient (Wildman–Crippen LogP) is 1.75. The first-order valence-electron chi connectivity index (χ1n) is 5.75. The van der Waals surface area contributed by atoms with Gasteiger partial charge in [0.1, 0.15) is 19.4 Å². The zero-order valence-electron chi connectivity index (χ0n) is 10.2. The SMILES string of the molecule is O=C(CNC(=O)c1ccoc1)OCc1ccccc1. The van der Waals surface area contributed by atoms with E-state index in [2.05, 4.69) is 5.32 Å². The maximum atomic E-state index is 11.5. The third kappa shape index (κ3) is 3.99. The fourth-order valence-corrected chi connectivity index (χ4v) is 1.44. The van der Waals surface area contributed by atoms with Crippen molar-refractivity contribution in [3.63, 3.8) is 0 Å². The third-order valence-corrected chi connectivity index (χ3v) is 2.42. The molecule has 0 radical (unpaired) electrons. The van der Waals surface area contributed by atoms with E-state index in [1.807, 2.05) is 30.3 Å².